The van der Waals surface area contributed by atoms with E-state index in [4.69, 9.17) is 5.11 Å². The SMILES string of the molecule is O=C(O)c1ncsc1S(=O)(=O)Nc1ccccc1F. The number of rotatable bonds is 4. The second-order valence-corrected chi connectivity index (χ2v) is 6.11. The molecule has 0 saturated heterocycles. The predicted molar refractivity (Wildman–Crippen MR) is 66.3 cm³/mol. The van der Waals surface area contributed by atoms with Gasteiger partial charge in [-0.15, -0.1) is 11.3 Å². The van der Waals surface area contributed by atoms with Crippen LogP contribution in [0.5, 0.6) is 0 Å². The molecule has 100 valence electrons. The van der Waals surface area contributed by atoms with Crippen LogP contribution in [-0.2, 0) is 10.0 Å². The summed E-state index contributed by atoms with van der Waals surface area (Å²) in [5.41, 5.74) is 0.250. The fourth-order valence-electron chi connectivity index (χ4n) is 1.30. The van der Waals surface area contributed by atoms with Gasteiger partial charge in [0.25, 0.3) is 10.0 Å². The zero-order valence-corrected chi connectivity index (χ0v) is 10.8. The number of nitrogens with one attached hydrogen (secondary N) is 1. The average Bonchev–Trinajstić information content (AvgIpc) is 2.82. The van der Waals surface area contributed by atoms with Gasteiger partial charge in [0.1, 0.15) is 5.82 Å². The van der Waals surface area contributed by atoms with Crippen LogP contribution in [-0.4, -0.2) is 24.5 Å². The van der Waals surface area contributed by atoms with E-state index in [1.54, 1.807) is 0 Å². The Kier molecular flexibility index (Phi) is 3.49. The van der Waals surface area contributed by atoms with Gasteiger partial charge in [0.05, 0.1) is 11.2 Å². The van der Waals surface area contributed by atoms with E-state index < -0.39 is 31.7 Å². The number of nitrogens with zero attached hydrogens (tertiary/aromatic N) is 1. The number of aromatic nitrogens is 1. The standard InChI is InChI=1S/C10H7FN2O4S2/c11-6-3-1-2-4-7(6)13-19(16,17)10-8(9(14)15)12-5-18-10/h1-5,13H,(H,14,15). The summed E-state index contributed by atoms with van der Waals surface area (Å²) in [5, 5.41) is 8.82. The molecule has 0 aliphatic rings. The van der Waals surface area contributed by atoms with Gasteiger partial charge in [-0.05, 0) is 12.1 Å². The number of para-hydroxylation sites is 1. The molecule has 0 bridgehead atoms. The highest BCUT2D eigenvalue weighted by Gasteiger charge is 2.26. The molecule has 0 unspecified atom stereocenters. The number of hydrogen-bond donors (Lipinski definition) is 2. The molecule has 2 aromatic rings. The number of anilines is 1. The molecular formula is C10H7FN2O4S2. The lowest BCUT2D eigenvalue weighted by atomic mass is 10.3. The van der Waals surface area contributed by atoms with Crippen LogP contribution >= 0.6 is 11.3 Å². The first-order valence-corrected chi connectivity index (χ1v) is 7.22. The number of carboxylic acid groups (broad SMARTS) is 1. The fourth-order valence-corrected chi connectivity index (χ4v) is 3.51. The first kappa shape index (κ1) is 13.4. The highest BCUT2D eigenvalue weighted by atomic mass is 32.2. The van der Waals surface area contributed by atoms with E-state index in [2.05, 4.69) is 4.98 Å². The van der Waals surface area contributed by atoms with Crippen LogP contribution in [0.15, 0.2) is 34.0 Å². The number of thiazole rings is 1. The minimum atomic E-state index is -4.18. The minimum Gasteiger partial charge on any atom is -0.476 e. The van der Waals surface area contributed by atoms with Crippen molar-refractivity contribution in [2.45, 2.75) is 4.21 Å². The molecule has 6 nitrogen and oxygen atoms in total. The summed E-state index contributed by atoms with van der Waals surface area (Å²) in [4.78, 5) is 14.3. The Morgan fingerprint density at radius 1 is 1.37 bits per heavy atom. The number of hydrogen-bond acceptors (Lipinski definition) is 5. The molecule has 1 heterocycles. The molecule has 0 atom stereocenters. The molecule has 1 aromatic carbocycles. The van der Waals surface area contributed by atoms with Crippen LogP contribution in [0, 0.1) is 5.82 Å². The van der Waals surface area contributed by atoms with Crippen LogP contribution in [0.4, 0.5) is 10.1 Å². The molecule has 9 heteroatoms. The maximum Gasteiger partial charge on any atom is 0.356 e. The third-order valence-corrected chi connectivity index (χ3v) is 4.84. The van der Waals surface area contributed by atoms with Crippen LogP contribution in [0.25, 0.3) is 0 Å². The summed E-state index contributed by atoms with van der Waals surface area (Å²) in [6.45, 7) is 0. The summed E-state index contributed by atoms with van der Waals surface area (Å²) < 4.78 is 38.8. The number of aromatic carboxylic acids is 1. The molecule has 0 amide bonds. The van der Waals surface area contributed by atoms with Crippen molar-refractivity contribution in [1.29, 1.82) is 0 Å². The number of carbonyl (C=O) groups is 1. The van der Waals surface area contributed by atoms with E-state index in [0.29, 0.717) is 11.3 Å². The Morgan fingerprint density at radius 3 is 2.68 bits per heavy atom. The van der Waals surface area contributed by atoms with Crippen LogP contribution < -0.4 is 4.72 Å². The Balaban J connectivity index is 2.41. The zero-order valence-electron chi connectivity index (χ0n) is 9.20. The summed E-state index contributed by atoms with van der Waals surface area (Å²) in [7, 11) is -4.18. The quantitative estimate of drug-likeness (QED) is 0.897. The van der Waals surface area contributed by atoms with Gasteiger partial charge in [0, 0.05) is 0 Å². The molecule has 0 radical (unpaired) electrons. The van der Waals surface area contributed by atoms with Gasteiger partial charge in [-0.2, -0.15) is 0 Å². The number of halogens is 1. The molecule has 1 aromatic heterocycles. The number of sulfonamides is 1. The Hall–Kier alpha value is -2.00. The first-order chi connectivity index (χ1) is 8.92. The minimum absolute atomic E-state index is 0.257. The highest BCUT2D eigenvalue weighted by Crippen LogP contribution is 2.24. The maximum absolute atomic E-state index is 13.4. The van der Waals surface area contributed by atoms with Gasteiger partial charge in [0.2, 0.25) is 0 Å². The van der Waals surface area contributed by atoms with E-state index in [-0.39, 0.29) is 5.69 Å². The second kappa shape index (κ2) is 4.94. The number of carboxylic acids is 1. The molecule has 0 aliphatic carbocycles. The lowest BCUT2D eigenvalue weighted by Crippen LogP contribution is -2.16. The van der Waals surface area contributed by atoms with Crippen molar-refractivity contribution in [2.75, 3.05) is 4.72 Å². The molecule has 0 fully saturated rings. The molecular weight excluding hydrogens is 295 g/mol. The van der Waals surface area contributed by atoms with Crippen molar-refractivity contribution in [2.24, 2.45) is 0 Å². The maximum atomic E-state index is 13.4. The average molecular weight is 302 g/mol. The Bertz CT molecular complexity index is 727. The van der Waals surface area contributed by atoms with Gasteiger partial charge >= 0.3 is 5.97 Å². The normalized spacial score (nSPS) is 11.2. The Labute approximate surface area is 111 Å². The van der Waals surface area contributed by atoms with Gasteiger partial charge in [-0.25, -0.2) is 22.6 Å². The van der Waals surface area contributed by atoms with Crippen LogP contribution in [0.1, 0.15) is 10.5 Å². The van der Waals surface area contributed by atoms with Gasteiger partial charge in [0.15, 0.2) is 9.90 Å². The monoisotopic (exact) mass is 302 g/mol. The fraction of sp³-hybridized carbons (Fsp3) is 0. The lowest BCUT2D eigenvalue weighted by molar-refractivity contribution is 0.0687. The van der Waals surface area contributed by atoms with Gasteiger partial charge < -0.3 is 5.11 Å². The first-order valence-electron chi connectivity index (χ1n) is 4.86. The molecule has 0 spiro atoms. The topological polar surface area (TPSA) is 96.4 Å². The largest absolute Gasteiger partial charge is 0.476 e. The molecule has 2 N–H and O–H groups in total. The van der Waals surface area contributed by atoms with Crippen LogP contribution in [0.3, 0.4) is 0 Å². The summed E-state index contributed by atoms with van der Waals surface area (Å²) >= 11 is 0.645. The molecule has 19 heavy (non-hydrogen) atoms. The second-order valence-electron chi connectivity index (χ2n) is 3.38. The molecule has 0 saturated carbocycles. The van der Waals surface area contributed by atoms with Crippen LogP contribution in [0.2, 0.25) is 0 Å². The van der Waals surface area contributed by atoms with E-state index >= 15 is 0 Å². The van der Waals surface area contributed by atoms with Gasteiger partial charge in [-0.1, -0.05) is 12.1 Å². The van der Waals surface area contributed by atoms with E-state index in [0.717, 1.165) is 11.6 Å². The van der Waals surface area contributed by atoms with Crippen molar-refractivity contribution >= 4 is 33.0 Å². The smallest absolute Gasteiger partial charge is 0.356 e. The Morgan fingerprint density at radius 2 is 2.05 bits per heavy atom. The predicted octanol–water partition coefficient (Wildman–Crippen LogP) is 1.78. The zero-order chi connectivity index (χ0) is 14.0. The highest BCUT2D eigenvalue weighted by molar-refractivity contribution is 7.94. The van der Waals surface area contributed by atoms with Crippen molar-refractivity contribution < 1.29 is 22.7 Å². The van der Waals surface area contributed by atoms with Crippen molar-refractivity contribution in [1.82, 2.24) is 4.98 Å². The third-order valence-electron chi connectivity index (χ3n) is 2.10. The van der Waals surface area contributed by atoms with Crippen molar-refractivity contribution in [3.05, 3.63) is 41.3 Å². The van der Waals surface area contributed by atoms with E-state index in [1.807, 2.05) is 4.72 Å². The summed E-state index contributed by atoms with van der Waals surface area (Å²) in [6, 6.07) is 5.17. The third kappa shape index (κ3) is 2.71. The molecule has 2 rings (SSSR count). The summed E-state index contributed by atoms with van der Waals surface area (Å²) in [5.74, 6) is -2.22. The van der Waals surface area contributed by atoms with E-state index in [1.165, 1.54) is 18.2 Å². The lowest BCUT2D eigenvalue weighted by Gasteiger charge is -2.07. The molecule has 0 aliphatic heterocycles. The summed E-state index contributed by atoms with van der Waals surface area (Å²) in [6.07, 6.45) is 0. The van der Waals surface area contributed by atoms with E-state index in [9.17, 15) is 17.6 Å². The van der Waals surface area contributed by atoms with Crippen molar-refractivity contribution in [3.8, 4) is 0 Å². The number of benzene rings is 1. The van der Waals surface area contributed by atoms with Crippen molar-refractivity contribution in [3.63, 3.8) is 0 Å². The van der Waals surface area contributed by atoms with Gasteiger partial charge in [-0.3, -0.25) is 4.72 Å².